The van der Waals surface area contributed by atoms with Crippen LogP contribution < -0.4 is 5.32 Å². The zero-order chi connectivity index (χ0) is 9.23. The average molecular weight is 169 g/mol. The minimum Gasteiger partial charge on any atom is -0.316 e. The van der Waals surface area contributed by atoms with Crippen LogP contribution in [0.4, 0.5) is 0 Å². The third-order valence-corrected chi connectivity index (χ3v) is 1.81. The Hall–Kier alpha value is -0.300. The maximum absolute atomic E-state index is 3.70. The van der Waals surface area contributed by atoms with Crippen LogP contribution in [0.2, 0.25) is 0 Å². The SMILES string of the molecule is C=CCCCCCNCC(C)C. The number of hydrogen-bond acceptors (Lipinski definition) is 1. The predicted molar refractivity (Wildman–Crippen MR) is 56.4 cm³/mol. The fourth-order valence-electron chi connectivity index (χ4n) is 1.11. The van der Waals surface area contributed by atoms with Crippen LogP contribution in [0.3, 0.4) is 0 Å². The monoisotopic (exact) mass is 169 g/mol. The first-order valence-electron chi connectivity index (χ1n) is 5.09. The van der Waals surface area contributed by atoms with Crippen molar-refractivity contribution in [2.24, 2.45) is 5.92 Å². The first kappa shape index (κ1) is 11.7. The lowest BCUT2D eigenvalue weighted by molar-refractivity contribution is 0.531. The van der Waals surface area contributed by atoms with Crippen LogP contribution >= 0.6 is 0 Å². The topological polar surface area (TPSA) is 12.0 Å². The molecule has 0 aliphatic carbocycles. The van der Waals surface area contributed by atoms with Crippen LogP contribution in [0.5, 0.6) is 0 Å². The van der Waals surface area contributed by atoms with Gasteiger partial charge in [0.1, 0.15) is 0 Å². The highest BCUT2D eigenvalue weighted by molar-refractivity contribution is 4.65. The molecule has 0 atom stereocenters. The van der Waals surface area contributed by atoms with E-state index in [9.17, 15) is 0 Å². The molecule has 0 aromatic rings. The van der Waals surface area contributed by atoms with E-state index in [1.165, 1.54) is 32.2 Å². The number of allylic oxidation sites excluding steroid dienone is 1. The van der Waals surface area contributed by atoms with Crippen molar-refractivity contribution in [2.45, 2.75) is 39.5 Å². The zero-order valence-corrected chi connectivity index (χ0v) is 8.60. The molecule has 0 unspecified atom stereocenters. The second kappa shape index (κ2) is 8.79. The lowest BCUT2D eigenvalue weighted by Gasteiger charge is -2.06. The molecule has 0 rings (SSSR count). The highest BCUT2D eigenvalue weighted by Gasteiger charge is 1.91. The highest BCUT2D eigenvalue weighted by Crippen LogP contribution is 1.98. The molecule has 0 aliphatic heterocycles. The van der Waals surface area contributed by atoms with Crippen LogP contribution in [-0.4, -0.2) is 13.1 Å². The molecule has 0 aromatic heterocycles. The molecule has 0 spiro atoms. The normalized spacial score (nSPS) is 10.6. The van der Waals surface area contributed by atoms with Gasteiger partial charge in [-0.25, -0.2) is 0 Å². The Morgan fingerprint density at radius 1 is 1.25 bits per heavy atom. The largest absolute Gasteiger partial charge is 0.316 e. The van der Waals surface area contributed by atoms with E-state index in [0.717, 1.165) is 12.5 Å². The van der Waals surface area contributed by atoms with Crippen molar-refractivity contribution in [3.8, 4) is 0 Å². The van der Waals surface area contributed by atoms with E-state index in [2.05, 4.69) is 25.7 Å². The van der Waals surface area contributed by atoms with Crippen LogP contribution in [0.25, 0.3) is 0 Å². The maximum atomic E-state index is 3.70. The van der Waals surface area contributed by atoms with E-state index in [0.29, 0.717) is 0 Å². The fraction of sp³-hybridized carbons (Fsp3) is 0.818. The average Bonchev–Trinajstić information content (AvgIpc) is 2.02. The van der Waals surface area contributed by atoms with Gasteiger partial charge in [-0.05, 0) is 38.3 Å². The molecule has 0 saturated carbocycles. The van der Waals surface area contributed by atoms with E-state index in [-0.39, 0.29) is 0 Å². The van der Waals surface area contributed by atoms with Gasteiger partial charge >= 0.3 is 0 Å². The predicted octanol–water partition coefficient (Wildman–Crippen LogP) is 2.98. The summed E-state index contributed by atoms with van der Waals surface area (Å²) >= 11 is 0. The van der Waals surface area contributed by atoms with Crippen molar-refractivity contribution in [2.75, 3.05) is 13.1 Å². The molecule has 0 radical (unpaired) electrons. The first-order chi connectivity index (χ1) is 5.77. The molecule has 0 heterocycles. The number of hydrogen-bond donors (Lipinski definition) is 1. The summed E-state index contributed by atoms with van der Waals surface area (Å²) in [6.45, 7) is 10.5. The van der Waals surface area contributed by atoms with Gasteiger partial charge in [-0.2, -0.15) is 0 Å². The Morgan fingerprint density at radius 2 is 2.00 bits per heavy atom. The summed E-state index contributed by atoms with van der Waals surface area (Å²) in [7, 11) is 0. The maximum Gasteiger partial charge on any atom is -0.00258 e. The second-order valence-electron chi connectivity index (χ2n) is 3.74. The minimum absolute atomic E-state index is 0.776. The third-order valence-electron chi connectivity index (χ3n) is 1.81. The van der Waals surface area contributed by atoms with Gasteiger partial charge in [0.2, 0.25) is 0 Å². The summed E-state index contributed by atoms with van der Waals surface area (Å²) < 4.78 is 0. The van der Waals surface area contributed by atoms with Crippen LogP contribution in [-0.2, 0) is 0 Å². The van der Waals surface area contributed by atoms with Gasteiger partial charge < -0.3 is 5.32 Å². The first-order valence-corrected chi connectivity index (χ1v) is 5.09. The summed E-state index contributed by atoms with van der Waals surface area (Å²) in [5.41, 5.74) is 0. The molecule has 0 amide bonds. The van der Waals surface area contributed by atoms with E-state index in [1.54, 1.807) is 0 Å². The lowest BCUT2D eigenvalue weighted by atomic mass is 10.2. The molecule has 0 fully saturated rings. The standard InChI is InChI=1S/C11H23N/c1-4-5-6-7-8-9-12-10-11(2)3/h4,11-12H,1,5-10H2,2-3H3. The molecule has 1 nitrogen and oxygen atoms in total. The van der Waals surface area contributed by atoms with E-state index in [1.807, 2.05) is 6.08 Å². The van der Waals surface area contributed by atoms with Crippen molar-refractivity contribution in [3.05, 3.63) is 12.7 Å². The highest BCUT2D eigenvalue weighted by atomic mass is 14.8. The molecular formula is C11H23N. The second-order valence-corrected chi connectivity index (χ2v) is 3.74. The van der Waals surface area contributed by atoms with Gasteiger partial charge in [0.05, 0.1) is 0 Å². The summed E-state index contributed by atoms with van der Waals surface area (Å²) in [4.78, 5) is 0. The fourth-order valence-corrected chi connectivity index (χ4v) is 1.11. The molecular weight excluding hydrogens is 146 g/mol. The molecule has 0 saturated heterocycles. The molecule has 0 aromatic carbocycles. The van der Waals surface area contributed by atoms with Gasteiger partial charge in [-0.15, -0.1) is 6.58 Å². The van der Waals surface area contributed by atoms with Gasteiger partial charge in [0.25, 0.3) is 0 Å². The van der Waals surface area contributed by atoms with Crippen LogP contribution in [0, 0.1) is 5.92 Å². The Labute approximate surface area is 77.2 Å². The summed E-state index contributed by atoms with van der Waals surface area (Å²) in [6.07, 6.45) is 7.11. The number of nitrogens with one attached hydrogen (secondary N) is 1. The number of rotatable bonds is 8. The smallest absolute Gasteiger partial charge is 0.00258 e. The van der Waals surface area contributed by atoms with E-state index < -0.39 is 0 Å². The Bertz CT molecular complexity index is 97.2. The summed E-state index contributed by atoms with van der Waals surface area (Å²) in [5, 5.41) is 3.44. The molecule has 72 valence electrons. The quantitative estimate of drug-likeness (QED) is 0.435. The number of unbranched alkanes of at least 4 members (excludes halogenated alkanes) is 3. The summed E-state index contributed by atoms with van der Waals surface area (Å²) in [6, 6.07) is 0. The van der Waals surface area contributed by atoms with Gasteiger partial charge in [0.15, 0.2) is 0 Å². The van der Waals surface area contributed by atoms with Gasteiger partial charge in [-0.1, -0.05) is 26.3 Å². The van der Waals surface area contributed by atoms with Gasteiger partial charge in [-0.3, -0.25) is 0 Å². The van der Waals surface area contributed by atoms with Gasteiger partial charge in [0, 0.05) is 0 Å². The Balaban J connectivity index is 2.86. The van der Waals surface area contributed by atoms with Crippen molar-refractivity contribution < 1.29 is 0 Å². The van der Waals surface area contributed by atoms with Crippen molar-refractivity contribution in [1.29, 1.82) is 0 Å². The van der Waals surface area contributed by atoms with Crippen molar-refractivity contribution in [1.82, 2.24) is 5.32 Å². The van der Waals surface area contributed by atoms with Crippen molar-refractivity contribution in [3.63, 3.8) is 0 Å². The van der Waals surface area contributed by atoms with E-state index in [4.69, 9.17) is 0 Å². The van der Waals surface area contributed by atoms with Crippen molar-refractivity contribution >= 4 is 0 Å². The molecule has 0 aliphatic rings. The molecule has 1 N–H and O–H groups in total. The third kappa shape index (κ3) is 9.70. The Kier molecular flexibility index (Phi) is 8.57. The minimum atomic E-state index is 0.776. The summed E-state index contributed by atoms with van der Waals surface area (Å²) in [5.74, 6) is 0.776. The zero-order valence-electron chi connectivity index (χ0n) is 8.60. The molecule has 0 bridgehead atoms. The van der Waals surface area contributed by atoms with E-state index >= 15 is 0 Å². The van der Waals surface area contributed by atoms with Crippen LogP contribution in [0.1, 0.15) is 39.5 Å². The lowest BCUT2D eigenvalue weighted by Crippen LogP contribution is -2.20. The van der Waals surface area contributed by atoms with Crippen LogP contribution in [0.15, 0.2) is 12.7 Å². The molecule has 12 heavy (non-hydrogen) atoms. The Morgan fingerprint density at radius 3 is 2.58 bits per heavy atom. The molecule has 1 heteroatoms.